The number of thiazole rings is 1. The summed E-state index contributed by atoms with van der Waals surface area (Å²) in [5.41, 5.74) is 1.51. The molecule has 0 radical (unpaired) electrons. The number of aromatic nitrogens is 1. The van der Waals surface area contributed by atoms with Crippen LogP contribution in [0.1, 0.15) is 15.2 Å². The number of carbonyl (C=O) groups is 1. The third kappa shape index (κ3) is 4.55. The Morgan fingerprint density at radius 3 is 2.37 bits per heavy atom. The van der Waals surface area contributed by atoms with Gasteiger partial charge in [0, 0.05) is 10.4 Å². The fourth-order valence-electron chi connectivity index (χ4n) is 2.39. The molecule has 0 fully saturated rings. The quantitative estimate of drug-likeness (QED) is 0.520. The van der Waals surface area contributed by atoms with Crippen LogP contribution in [0.4, 0.5) is 13.9 Å². The summed E-state index contributed by atoms with van der Waals surface area (Å²) in [5.74, 6) is -0.407. The second kappa shape index (κ2) is 8.21. The zero-order valence-electron chi connectivity index (χ0n) is 13.8. The number of rotatable bonds is 5. The second-order valence-electron chi connectivity index (χ2n) is 5.38. The maximum Gasteiger partial charge on any atom is 0.387 e. The summed E-state index contributed by atoms with van der Waals surface area (Å²) in [4.78, 5) is 17.7. The Balaban J connectivity index is 1.81. The predicted molar refractivity (Wildman–Crippen MR) is 103 cm³/mol. The molecule has 0 bridgehead atoms. The molecular formula is C18H12Cl2F2N2O2S. The van der Waals surface area contributed by atoms with Gasteiger partial charge in [0.05, 0.1) is 21.3 Å². The fourth-order valence-corrected chi connectivity index (χ4v) is 3.79. The van der Waals surface area contributed by atoms with Gasteiger partial charge in [-0.1, -0.05) is 29.3 Å². The minimum Gasteiger partial charge on any atom is -0.435 e. The molecule has 9 heteroatoms. The Bertz CT molecular complexity index is 958. The molecule has 0 spiro atoms. The van der Waals surface area contributed by atoms with Crippen molar-refractivity contribution in [3.8, 4) is 17.0 Å². The molecule has 1 heterocycles. The third-order valence-electron chi connectivity index (χ3n) is 3.56. The maximum absolute atomic E-state index is 12.5. The van der Waals surface area contributed by atoms with Crippen molar-refractivity contribution in [1.82, 2.24) is 4.98 Å². The molecule has 0 unspecified atom stereocenters. The van der Waals surface area contributed by atoms with Crippen molar-refractivity contribution in [3.05, 3.63) is 63.0 Å². The van der Waals surface area contributed by atoms with Gasteiger partial charge in [-0.3, -0.25) is 10.1 Å². The van der Waals surface area contributed by atoms with Gasteiger partial charge in [0.2, 0.25) is 0 Å². The van der Waals surface area contributed by atoms with Gasteiger partial charge in [0.15, 0.2) is 5.13 Å². The van der Waals surface area contributed by atoms with Gasteiger partial charge in [-0.05, 0) is 43.3 Å². The first-order chi connectivity index (χ1) is 12.8. The van der Waals surface area contributed by atoms with Crippen molar-refractivity contribution in [2.24, 2.45) is 0 Å². The highest BCUT2D eigenvalue weighted by Gasteiger charge is 2.18. The van der Waals surface area contributed by atoms with Gasteiger partial charge >= 0.3 is 6.61 Å². The summed E-state index contributed by atoms with van der Waals surface area (Å²) in [6.07, 6.45) is 0. The topological polar surface area (TPSA) is 51.2 Å². The van der Waals surface area contributed by atoms with E-state index in [1.807, 2.05) is 6.92 Å². The summed E-state index contributed by atoms with van der Waals surface area (Å²) in [5, 5.41) is 3.53. The first-order valence-corrected chi connectivity index (χ1v) is 9.20. The summed E-state index contributed by atoms with van der Waals surface area (Å²) < 4.78 is 28.8. The van der Waals surface area contributed by atoms with Gasteiger partial charge < -0.3 is 4.74 Å². The van der Waals surface area contributed by atoms with Crippen molar-refractivity contribution >= 4 is 45.6 Å². The lowest BCUT2D eigenvalue weighted by molar-refractivity contribution is -0.0498. The highest BCUT2D eigenvalue weighted by molar-refractivity contribution is 7.16. The van der Waals surface area contributed by atoms with E-state index in [0.29, 0.717) is 16.4 Å². The number of hydrogen-bond donors (Lipinski definition) is 1. The zero-order valence-corrected chi connectivity index (χ0v) is 16.1. The van der Waals surface area contributed by atoms with E-state index in [9.17, 15) is 13.6 Å². The van der Waals surface area contributed by atoms with Crippen molar-refractivity contribution in [3.63, 3.8) is 0 Å². The van der Waals surface area contributed by atoms with E-state index in [4.69, 9.17) is 23.2 Å². The average Bonchev–Trinajstić information content (AvgIpc) is 2.95. The number of hydrogen-bond acceptors (Lipinski definition) is 4. The highest BCUT2D eigenvalue weighted by Crippen LogP contribution is 2.32. The smallest absolute Gasteiger partial charge is 0.387 e. The van der Waals surface area contributed by atoms with E-state index in [1.54, 1.807) is 30.3 Å². The fraction of sp³-hybridized carbons (Fsp3) is 0.111. The number of benzene rings is 2. The molecule has 0 aliphatic heterocycles. The Labute approximate surface area is 167 Å². The number of anilines is 1. The Hall–Kier alpha value is -2.22. The number of amides is 1. The number of nitrogens with zero attached hydrogens (tertiary/aromatic N) is 1. The zero-order chi connectivity index (χ0) is 19.6. The number of carbonyl (C=O) groups excluding carboxylic acids is 1. The number of aryl methyl sites for hydroxylation is 1. The van der Waals surface area contributed by atoms with E-state index in [2.05, 4.69) is 15.0 Å². The molecule has 1 amide bonds. The van der Waals surface area contributed by atoms with Crippen molar-refractivity contribution in [2.45, 2.75) is 13.5 Å². The Morgan fingerprint density at radius 2 is 1.78 bits per heavy atom. The van der Waals surface area contributed by atoms with Crippen molar-refractivity contribution in [1.29, 1.82) is 0 Å². The summed E-state index contributed by atoms with van der Waals surface area (Å²) >= 11 is 13.4. The molecule has 2 aromatic carbocycles. The van der Waals surface area contributed by atoms with Gasteiger partial charge in [-0.25, -0.2) is 4.98 Å². The van der Waals surface area contributed by atoms with Crippen LogP contribution in [0.15, 0.2) is 42.5 Å². The average molecular weight is 429 g/mol. The van der Waals surface area contributed by atoms with Crippen LogP contribution in [0.3, 0.4) is 0 Å². The van der Waals surface area contributed by atoms with Crippen LogP contribution in [0.25, 0.3) is 11.3 Å². The van der Waals surface area contributed by atoms with E-state index >= 15 is 0 Å². The number of ether oxygens (including phenoxy) is 1. The Morgan fingerprint density at radius 1 is 1.15 bits per heavy atom. The van der Waals surface area contributed by atoms with Crippen LogP contribution in [-0.4, -0.2) is 17.5 Å². The third-order valence-corrected chi connectivity index (χ3v) is 5.08. The molecule has 3 rings (SSSR count). The molecule has 4 nitrogen and oxygen atoms in total. The molecule has 0 saturated carbocycles. The molecule has 27 heavy (non-hydrogen) atoms. The standard InChI is InChI=1S/C18H12Cl2F2N2O2S/c1-9-15(10-5-7-11(8-6-10)26-17(21)22)23-18(27-9)24-16(25)14-12(19)3-2-4-13(14)20/h2-8,17H,1H3,(H,23,24,25). The molecule has 140 valence electrons. The van der Waals surface area contributed by atoms with Crippen LogP contribution in [-0.2, 0) is 0 Å². The molecule has 0 aliphatic rings. The number of halogens is 4. The minimum atomic E-state index is -2.88. The number of nitrogens with one attached hydrogen (secondary N) is 1. The van der Waals surface area contributed by atoms with Crippen molar-refractivity contribution < 1.29 is 18.3 Å². The van der Waals surface area contributed by atoms with E-state index < -0.39 is 12.5 Å². The predicted octanol–water partition coefficient (Wildman–Crippen LogP) is 6.28. The van der Waals surface area contributed by atoms with Crippen LogP contribution >= 0.6 is 34.5 Å². The monoisotopic (exact) mass is 428 g/mol. The molecule has 3 aromatic rings. The molecule has 0 saturated heterocycles. The molecular weight excluding hydrogens is 417 g/mol. The first kappa shape index (κ1) is 19.5. The van der Waals surface area contributed by atoms with E-state index in [0.717, 1.165) is 4.88 Å². The van der Waals surface area contributed by atoms with Crippen LogP contribution in [0.5, 0.6) is 5.75 Å². The minimum absolute atomic E-state index is 0.0588. The van der Waals surface area contributed by atoms with Crippen LogP contribution in [0, 0.1) is 6.92 Å². The van der Waals surface area contributed by atoms with Crippen LogP contribution < -0.4 is 10.1 Å². The summed E-state index contributed by atoms with van der Waals surface area (Å²) in [6, 6.07) is 10.9. The lowest BCUT2D eigenvalue weighted by Gasteiger charge is -2.06. The van der Waals surface area contributed by atoms with E-state index in [1.165, 1.54) is 23.5 Å². The highest BCUT2D eigenvalue weighted by atomic mass is 35.5. The second-order valence-corrected chi connectivity index (χ2v) is 7.40. The molecule has 0 aliphatic carbocycles. The number of alkyl halides is 2. The van der Waals surface area contributed by atoms with Gasteiger partial charge in [-0.15, -0.1) is 11.3 Å². The maximum atomic E-state index is 12.5. The van der Waals surface area contributed by atoms with Gasteiger partial charge in [0.25, 0.3) is 5.91 Å². The lowest BCUT2D eigenvalue weighted by Crippen LogP contribution is -2.12. The SMILES string of the molecule is Cc1sc(NC(=O)c2c(Cl)cccc2Cl)nc1-c1ccc(OC(F)F)cc1. The van der Waals surface area contributed by atoms with Crippen molar-refractivity contribution in [2.75, 3.05) is 5.32 Å². The summed E-state index contributed by atoms with van der Waals surface area (Å²) in [7, 11) is 0. The van der Waals surface area contributed by atoms with E-state index in [-0.39, 0.29) is 21.4 Å². The van der Waals surface area contributed by atoms with Gasteiger partial charge in [-0.2, -0.15) is 8.78 Å². The Kier molecular flexibility index (Phi) is 5.94. The van der Waals surface area contributed by atoms with Gasteiger partial charge in [0.1, 0.15) is 5.75 Å². The normalized spacial score (nSPS) is 10.9. The first-order valence-electron chi connectivity index (χ1n) is 7.63. The molecule has 1 aromatic heterocycles. The lowest BCUT2D eigenvalue weighted by atomic mass is 10.1. The van der Waals surface area contributed by atoms with Crippen LogP contribution in [0.2, 0.25) is 10.0 Å². The molecule has 0 atom stereocenters. The largest absolute Gasteiger partial charge is 0.435 e. The summed E-state index contributed by atoms with van der Waals surface area (Å²) in [6.45, 7) is -1.04. The molecule has 1 N–H and O–H groups in total.